The van der Waals surface area contributed by atoms with E-state index in [1.807, 2.05) is 0 Å². The molecule has 0 amide bonds. The van der Waals surface area contributed by atoms with Gasteiger partial charge in [-0.25, -0.2) is 13.2 Å². The van der Waals surface area contributed by atoms with Crippen molar-refractivity contribution in [1.29, 1.82) is 0 Å². The van der Waals surface area contributed by atoms with Gasteiger partial charge >= 0.3 is 0 Å². The maximum absolute atomic E-state index is 13.6. The summed E-state index contributed by atoms with van der Waals surface area (Å²) in [5.74, 6) is -1.88. The average Bonchev–Trinajstić information content (AvgIpc) is 2.47. The molecule has 0 aromatic heterocycles. The molecule has 21 heavy (non-hydrogen) atoms. The van der Waals surface area contributed by atoms with Crippen LogP contribution in [-0.2, 0) is 0 Å². The molecular formula is C15H11F3N2O. The molecular weight excluding hydrogens is 281 g/mol. The molecule has 0 saturated heterocycles. The Balaban J connectivity index is 2.13. The molecule has 2 aromatic rings. The molecule has 0 spiro atoms. The van der Waals surface area contributed by atoms with Gasteiger partial charge in [0.05, 0.1) is 25.1 Å². The number of nitrogens with zero attached hydrogens (tertiary/aromatic N) is 2. The van der Waals surface area contributed by atoms with Crippen molar-refractivity contribution in [2.75, 3.05) is 7.11 Å². The van der Waals surface area contributed by atoms with Gasteiger partial charge < -0.3 is 4.74 Å². The van der Waals surface area contributed by atoms with E-state index < -0.39 is 11.6 Å². The molecule has 0 bridgehead atoms. The van der Waals surface area contributed by atoms with E-state index in [2.05, 4.69) is 10.2 Å². The van der Waals surface area contributed by atoms with Gasteiger partial charge in [-0.15, -0.1) is 0 Å². The van der Waals surface area contributed by atoms with Crippen molar-refractivity contribution in [3.05, 3.63) is 65.0 Å². The van der Waals surface area contributed by atoms with Crippen LogP contribution in [0.5, 0.6) is 5.75 Å². The molecule has 3 nitrogen and oxygen atoms in total. The standard InChI is InChI=1S/C15H11F3N2O/c1-21-12-6-14(17)13(15(18)7-12)9-20-19-8-10-2-4-11(16)5-3-10/h2-9H,1H3/b19-8+,20-9+. The predicted octanol–water partition coefficient (Wildman–Crippen LogP) is 3.57. The maximum atomic E-state index is 13.6. The molecule has 2 rings (SSSR count). The first kappa shape index (κ1) is 14.8. The summed E-state index contributed by atoms with van der Waals surface area (Å²) >= 11 is 0. The Bertz CT molecular complexity index is 659. The van der Waals surface area contributed by atoms with Crippen molar-refractivity contribution in [3.63, 3.8) is 0 Å². The number of halogens is 3. The molecule has 0 fully saturated rings. The Morgan fingerprint density at radius 1 is 0.905 bits per heavy atom. The number of benzene rings is 2. The van der Waals surface area contributed by atoms with Crippen molar-refractivity contribution >= 4 is 12.4 Å². The van der Waals surface area contributed by atoms with Crippen LogP contribution in [0.25, 0.3) is 0 Å². The first-order valence-corrected chi connectivity index (χ1v) is 5.95. The van der Waals surface area contributed by atoms with Gasteiger partial charge in [-0.2, -0.15) is 10.2 Å². The number of hydrogen-bond donors (Lipinski definition) is 0. The van der Waals surface area contributed by atoms with Crippen LogP contribution >= 0.6 is 0 Å². The largest absolute Gasteiger partial charge is 0.497 e. The summed E-state index contributed by atoms with van der Waals surface area (Å²) < 4.78 is 44.6. The third-order valence-electron chi connectivity index (χ3n) is 2.62. The van der Waals surface area contributed by atoms with Crippen LogP contribution in [0.3, 0.4) is 0 Å². The summed E-state index contributed by atoms with van der Waals surface area (Å²) in [6, 6.07) is 7.65. The van der Waals surface area contributed by atoms with Crippen LogP contribution in [0, 0.1) is 17.5 Å². The van der Waals surface area contributed by atoms with E-state index in [0.29, 0.717) is 5.56 Å². The Hall–Kier alpha value is -2.63. The highest BCUT2D eigenvalue weighted by atomic mass is 19.1. The fourth-order valence-electron chi connectivity index (χ4n) is 1.54. The molecule has 0 N–H and O–H groups in total. The lowest BCUT2D eigenvalue weighted by Crippen LogP contribution is -1.96. The quantitative estimate of drug-likeness (QED) is 0.626. The van der Waals surface area contributed by atoms with Crippen LogP contribution in [0.2, 0.25) is 0 Å². The molecule has 0 radical (unpaired) electrons. The second-order valence-corrected chi connectivity index (χ2v) is 4.05. The molecule has 2 aromatic carbocycles. The smallest absolute Gasteiger partial charge is 0.138 e. The summed E-state index contributed by atoms with van der Waals surface area (Å²) in [6.45, 7) is 0. The zero-order valence-corrected chi connectivity index (χ0v) is 11.1. The summed E-state index contributed by atoms with van der Waals surface area (Å²) in [7, 11) is 1.31. The minimum Gasteiger partial charge on any atom is -0.497 e. The Labute approximate surface area is 119 Å². The highest BCUT2D eigenvalue weighted by Crippen LogP contribution is 2.19. The van der Waals surface area contributed by atoms with Crippen LogP contribution in [0.4, 0.5) is 13.2 Å². The van der Waals surface area contributed by atoms with Gasteiger partial charge in [-0.05, 0) is 17.7 Å². The summed E-state index contributed by atoms with van der Waals surface area (Å²) in [4.78, 5) is 0. The van der Waals surface area contributed by atoms with Crippen molar-refractivity contribution in [1.82, 2.24) is 0 Å². The van der Waals surface area contributed by atoms with Crippen LogP contribution in [0.1, 0.15) is 11.1 Å². The Kier molecular flexibility index (Phi) is 4.71. The highest BCUT2D eigenvalue weighted by Gasteiger charge is 2.09. The molecule has 6 heteroatoms. The second kappa shape index (κ2) is 6.69. The number of methoxy groups -OCH3 is 1. The van der Waals surface area contributed by atoms with Crippen molar-refractivity contribution < 1.29 is 17.9 Å². The molecule has 0 saturated carbocycles. The zero-order chi connectivity index (χ0) is 15.2. The predicted molar refractivity (Wildman–Crippen MR) is 74.5 cm³/mol. The fraction of sp³-hybridized carbons (Fsp3) is 0.0667. The Morgan fingerprint density at radius 3 is 2.05 bits per heavy atom. The maximum Gasteiger partial charge on any atom is 0.138 e. The normalized spacial score (nSPS) is 11.4. The van der Waals surface area contributed by atoms with Gasteiger partial charge in [0, 0.05) is 12.1 Å². The SMILES string of the molecule is COc1cc(F)c(/C=N/N=C/c2ccc(F)cc2)c(F)c1. The summed E-state index contributed by atoms with van der Waals surface area (Å²) in [5.41, 5.74) is 0.302. The number of hydrogen-bond acceptors (Lipinski definition) is 3. The van der Waals surface area contributed by atoms with Crippen LogP contribution < -0.4 is 4.74 Å². The van der Waals surface area contributed by atoms with E-state index >= 15 is 0 Å². The van der Waals surface area contributed by atoms with E-state index in [-0.39, 0.29) is 17.1 Å². The summed E-state index contributed by atoms with van der Waals surface area (Å²) in [5, 5.41) is 7.22. The molecule has 0 heterocycles. The molecule has 0 unspecified atom stereocenters. The molecule has 0 aliphatic rings. The number of ether oxygens (including phenoxy) is 1. The molecule has 108 valence electrons. The van der Waals surface area contributed by atoms with Gasteiger partial charge in [0.2, 0.25) is 0 Å². The van der Waals surface area contributed by atoms with E-state index in [1.165, 1.54) is 37.6 Å². The average molecular weight is 292 g/mol. The van der Waals surface area contributed by atoms with Crippen LogP contribution in [0.15, 0.2) is 46.6 Å². The Morgan fingerprint density at radius 2 is 1.48 bits per heavy atom. The lowest BCUT2D eigenvalue weighted by atomic mass is 10.2. The number of rotatable bonds is 4. The molecule has 0 atom stereocenters. The molecule has 0 aliphatic heterocycles. The topological polar surface area (TPSA) is 34.0 Å². The van der Waals surface area contributed by atoms with Crippen LogP contribution in [-0.4, -0.2) is 19.5 Å². The third kappa shape index (κ3) is 3.92. The second-order valence-electron chi connectivity index (χ2n) is 4.05. The highest BCUT2D eigenvalue weighted by molar-refractivity contribution is 5.83. The third-order valence-corrected chi connectivity index (χ3v) is 2.62. The molecule has 0 aliphatic carbocycles. The monoisotopic (exact) mass is 292 g/mol. The van der Waals surface area contributed by atoms with Crippen molar-refractivity contribution in [3.8, 4) is 5.75 Å². The van der Waals surface area contributed by atoms with E-state index in [4.69, 9.17) is 4.74 Å². The van der Waals surface area contributed by atoms with E-state index in [1.54, 1.807) is 0 Å². The lowest BCUT2D eigenvalue weighted by Gasteiger charge is -2.02. The van der Waals surface area contributed by atoms with Gasteiger partial charge in [0.25, 0.3) is 0 Å². The fourth-order valence-corrected chi connectivity index (χ4v) is 1.54. The summed E-state index contributed by atoms with van der Waals surface area (Å²) in [6.07, 6.45) is 2.30. The minimum absolute atomic E-state index is 0.0805. The van der Waals surface area contributed by atoms with E-state index in [0.717, 1.165) is 18.3 Å². The van der Waals surface area contributed by atoms with Crippen molar-refractivity contribution in [2.45, 2.75) is 0 Å². The minimum atomic E-state index is -0.799. The van der Waals surface area contributed by atoms with Gasteiger partial charge in [-0.3, -0.25) is 0 Å². The lowest BCUT2D eigenvalue weighted by molar-refractivity contribution is 0.406. The zero-order valence-electron chi connectivity index (χ0n) is 11.1. The van der Waals surface area contributed by atoms with Crippen molar-refractivity contribution in [2.24, 2.45) is 10.2 Å². The van der Waals surface area contributed by atoms with Gasteiger partial charge in [0.15, 0.2) is 0 Å². The van der Waals surface area contributed by atoms with Gasteiger partial charge in [-0.1, -0.05) is 12.1 Å². The van der Waals surface area contributed by atoms with E-state index in [9.17, 15) is 13.2 Å². The first-order chi connectivity index (χ1) is 10.1. The van der Waals surface area contributed by atoms with Gasteiger partial charge in [0.1, 0.15) is 23.2 Å². The first-order valence-electron chi connectivity index (χ1n) is 5.95.